The average molecular weight is 242 g/mol. The van der Waals surface area contributed by atoms with Crippen molar-refractivity contribution in [1.82, 2.24) is 10.0 Å². The molecule has 16 heavy (non-hydrogen) atoms. The quantitative estimate of drug-likeness (QED) is 0.784. The van der Waals surface area contributed by atoms with Crippen LogP contribution in [0.3, 0.4) is 0 Å². The summed E-state index contributed by atoms with van der Waals surface area (Å²) in [7, 11) is -3.21. The van der Waals surface area contributed by atoms with E-state index in [1.807, 2.05) is 30.3 Å². The number of hydrogen-bond acceptors (Lipinski definition) is 3. The van der Waals surface area contributed by atoms with Gasteiger partial charge in [-0.05, 0) is 19.4 Å². The Morgan fingerprint density at radius 1 is 1.19 bits per heavy atom. The highest BCUT2D eigenvalue weighted by Crippen LogP contribution is 1.97. The Balaban J connectivity index is 2.36. The molecule has 1 aromatic rings. The van der Waals surface area contributed by atoms with Crippen molar-refractivity contribution in [1.29, 1.82) is 0 Å². The zero-order valence-corrected chi connectivity index (χ0v) is 10.4. The molecular weight excluding hydrogens is 224 g/mol. The van der Waals surface area contributed by atoms with E-state index in [1.54, 1.807) is 13.8 Å². The monoisotopic (exact) mass is 242 g/mol. The third-order valence-corrected chi connectivity index (χ3v) is 3.29. The van der Waals surface area contributed by atoms with Crippen molar-refractivity contribution in [2.24, 2.45) is 0 Å². The molecule has 0 heterocycles. The van der Waals surface area contributed by atoms with Crippen LogP contribution in [0, 0.1) is 0 Å². The Hall–Kier alpha value is -0.910. The molecule has 0 fully saturated rings. The molecule has 90 valence electrons. The van der Waals surface area contributed by atoms with E-state index in [-0.39, 0.29) is 11.9 Å². The van der Waals surface area contributed by atoms with E-state index in [9.17, 15) is 8.42 Å². The summed E-state index contributed by atoms with van der Waals surface area (Å²) in [5, 5.41) is 2.90. The van der Waals surface area contributed by atoms with Crippen molar-refractivity contribution in [3.8, 4) is 0 Å². The first-order chi connectivity index (χ1) is 7.49. The van der Waals surface area contributed by atoms with Crippen molar-refractivity contribution in [3.63, 3.8) is 0 Å². The Morgan fingerprint density at radius 2 is 1.81 bits per heavy atom. The van der Waals surface area contributed by atoms with Gasteiger partial charge in [-0.2, -0.15) is 0 Å². The second kappa shape index (κ2) is 5.98. The average Bonchev–Trinajstić information content (AvgIpc) is 2.16. The molecule has 0 atom stereocenters. The van der Waals surface area contributed by atoms with Crippen molar-refractivity contribution < 1.29 is 8.42 Å². The molecule has 0 spiro atoms. The standard InChI is InChI=1S/C11H18N2O2S/c1-10(2)13-16(14,15)9-12-8-11-6-4-3-5-7-11/h3-7,10,12-13H,8-9H2,1-2H3. The van der Waals surface area contributed by atoms with Gasteiger partial charge in [-0.25, -0.2) is 13.1 Å². The minimum Gasteiger partial charge on any atom is -0.298 e. The summed E-state index contributed by atoms with van der Waals surface area (Å²) in [6.07, 6.45) is 0. The lowest BCUT2D eigenvalue weighted by Crippen LogP contribution is -2.37. The lowest BCUT2D eigenvalue weighted by molar-refractivity contribution is 0.561. The second-order valence-corrected chi connectivity index (χ2v) is 5.70. The topological polar surface area (TPSA) is 58.2 Å². The molecule has 0 aliphatic carbocycles. The molecule has 0 bridgehead atoms. The molecule has 0 saturated heterocycles. The van der Waals surface area contributed by atoms with E-state index >= 15 is 0 Å². The highest BCUT2D eigenvalue weighted by molar-refractivity contribution is 7.89. The third kappa shape index (κ3) is 5.25. The van der Waals surface area contributed by atoms with Gasteiger partial charge in [-0.1, -0.05) is 30.3 Å². The van der Waals surface area contributed by atoms with E-state index in [4.69, 9.17) is 0 Å². The van der Waals surface area contributed by atoms with Gasteiger partial charge >= 0.3 is 0 Å². The highest BCUT2D eigenvalue weighted by atomic mass is 32.2. The molecule has 0 aliphatic rings. The number of nitrogens with one attached hydrogen (secondary N) is 2. The summed E-state index contributed by atoms with van der Waals surface area (Å²) in [6, 6.07) is 9.63. The molecule has 0 unspecified atom stereocenters. The molecule has 0 aliphatic heterocycles. The fraction of sp³-hybridized carbons (Fsp3) is 0.455. The summed E-state index contributed by atoms with van der Waals surface area (Å²) in [5.74, 6) is -0.0555. The summed E-state index contributed by atoms with van der Waals surface area (Å²) in [5.41, 5.74) is 1.07. The SMILES string of the molecule is CC(C)NS(=O)(=O)CNCc1ccccc1. The van der Waals surface area contributed by atoms with Crippen LogP contribution in [0.1, 0.15) is 19.4 Å². The minimum atomic E-state index is -3.21. The molecule has 0 aromatic heterocycles. The molecule has 0 radical (unpaired) electrons. The normalized spacial score (nSPS) is 11.9. The predicted octanol–water partition coefficient (Wildman–Crippen LogP) is 1.06. The van der Waals surface area contributed by atoms with E-state index < -0.39 is 10.0 Å². The van der Waals surface area contributed by atoms with Crippen LogP contribution in [0.25, 0.3) is 0 Å². The number of benzene rings is 1. The molecule has 0 saturated carbocycles. The first-order valence-corrected chi connectivity index (χ1v) is 6.89. The zero-order valence-electron chi connectivity index (χ0n) is 9.60. The van der Waals surface area contributed by atoms with Gasteiger partial charge < -0.3 is 0 Å². The van der Waals surface area contributed by atoms with Gasteiger partial charge in [0.1, 0.15) is 5.88 Å². The second-order valence-electron chi connectivity index (χ2n) is 3.94. The van der Waals surface area contributed by atoms with Crippen LogP contribution in [-0.4, -0.2) is 20.3 Å². The zero-order chi connectivity index (χ0) is 12.0. The first-order valence-electron chi connectivity index (χ1n) is 5.24. The maximum Gasteiger partial charge on any atom is 0.224 e. The van der Waals surface area contributed by atoms with E-state index in [1.165, 1.54) is 0 Å². The molecule has 5 heteroatoms. The fourth-order valence-electron chi connectivity index (χ4n) is 1.33. The molecule has 0 amide bonds. The van der Waals surface area contributed by atoms with Crippen LogP contribution in [0.2, 0.25) is 0 Å². The molecule has 1 aromatic carbocycles. The lowest BCUT2D eigenvalue weighted by atomic mass is 10.2. The van der Waals surface area contributed by atoms with Gasteiger partial charge in [0.2, 0.25) is 10.0 Å². The van der Waals surface area contributed by atoms with Gasteiger partial charge in [0, 0.05) is 12.6 Å². The fourth-order valence-corrected chi connectivity index (χ4v) is 2.50. The van der Waals surface area contributed by atoms with Crippen molar-refractivity contribution in [3.05, 3.63) is 35.9 Å². The molecule has 1 rings (SSSR count). The van der Waals surface area contributed by atoms with Gasteiger partial charge in [0.25, 0.3) is 0 Å². The molecule has 4 nitrogen and oxygen atoms in total. The smallest absolute Gasteiger partial charge is 0.224 e. The summed E-state index contributed by atoms with van der Waals surface area (Å²) in [6.45, 7) is 4.16. The first kappa shape index (κ1) is 13.2. The maximum absolute atomic E-state index is 11.5. The van der Waals surface area contributed by atoms with E-state index in [0.717, 1.165) is 5.56 Å². The van der Waals surface area contributed by atoms with Crippen molar-refractivity contribution in [2.45, 2.75) is 26.4 Å². The lowest BCUT2D eigenvalue weighted by Gasteiger charge is -2.10. The highest BCUT2D eigenvalue weighted by Gasteiger charge is 2.10. The number of rotatable bonds is 6. The number of sulfonamides is 1. The van der Waals surface area contributed by atoms with Crippen LogP contribution in [-0.2, 0) is 16.6 Å². The van der Waals surface area contributed by atoms with Gasteiger partial charge in [-0.15, -0.1) is 0 Å². The van der Waals surface area contributed by atoms with E-state index in [0.29, 0.717) is 6.54 Å². The molecule has 2 N–H and O–H groups in total. The van der Waals surface area contributed by atoms with Crippen LogP contribution in [0.15, 0.2) is 30.3 Å². The largest absolute Gasteiger partial charge is 0.298 e. The Bertz CT molecular complexity index is 401. The van der Waals surface area contributed by atoms with Crippen LogP contribution in [0.5, 0.6) is 0 Å². The third-order valence-electron chi connectivity index (χ3n) is 1.88. The maximum atomic E-state index is 11.5. The van der Waals surface area contributed by atoms with Crippen molar-refractivity contribution >= 4 is 10.0 Å². The number of hydrogen-bond donors (Lipinski definition) is 2. The van der Waals surface area contributed by atoms with Gasteiger partial charge in [0.15, 0.2) is 0 Å². The Morgan fingerprint density at radius 3 is 2.38 bits per heavy atom. The Labute approximate surface area is 97.1 Å². The van der Waals surface area contributed by atoms with Crippen LogP contribution in [0.4, 0.5) is 0 Å². The van der Waals surface area contributed by atoms with E-state index in [2.05, 4.69) is 10.0 Å². The molecular formula is C11H18N2O2S. The van der Waals surface area contributed by atoms with Crippen LogP contribution < -0.4 is 10.0 Å². The summed E-state index contributed by atoms with van der Waals surface area (Å²) < 4.78 is 25.4. The minimum absolute atomic E-state index is 0.0555. The summed E-state index contributed by atoms with van der Waals surface area (Å²) >= 11 is 0. The van der Waals surface area contributed by atoms with Crippen molar-refractivity contribution in [2.75, 3.05) is 5.88 Å². The predicted molar refractivity (Wildman–Crippen MR) is 65.3 cm³/mol. The Kier molecular flexibility index (Phi) is 4.92. The van der Waals surface area contributed by atoms with Gasteiger partial charge in [0.05, 0.1) is 0 Å². The summed E-state index contributed by atoms with van der Waals surface area (Å²) in [4.78, 5) is 0. The van der Waals surface area contributed by atoms with Crippen LogP contribution >= 0.6 is 0 Å². The van der Waals surface area contributed by atoms with Gasteiger partial charge in [-0.3, -0.25) is 5.32 Å².